The first kappa shape index (κ1) is 14.1. The lowest BCUT2D eigenvalue weighted by Gasteiger charge is -2.27. The zero-order chi connectivity index (χ0) is 13.8. The molecule has 0 saturated carbocycles. The zero-order valence-electron chi connectivity index (χ0n) is 11.7. The van der Waals surface area contributed by atoms with E-state index >= 15 is 0 Å². The molecule has 0 aliphatic carbocycles. The van der Waals surface area contributed by atoms with Crippen LogP contribution in [0.15, 0.2) is 16.5 Å². The van der Waals surface area contributed by atoms with Crippen molar-refractivity contribution in [2.24, 2.45) is 0 Å². The lowest BCUT2D eigenvalue weighted by atomic mass is 10.1. The van der Waals surface area contributed by atoms with Crippen LogP contribution in [-0.4, -0.2) is 37.7 Å². The Morgan fingerprint density at radius 1 is 1.53 bits per heavy atom. The lowest BCUT2D eigenvalue weighted by molar-refractivity contribution is -0.146. The number of ether oxygens (including phenoxy) is 2. The van der Waals surface area contributed by atoms with Gasteiger partial charge in [-0.3, -0.25) is 9.69 Å². The van der Waals surface area contributed by atoms with Crippen molar-refractivity contribution >= 4 is 5.97 Å². The number of carbonyl (C=O) groups excluding carboxylic acids is 1. The summed E-state index contributed by atoms with van der Waals surface area (Å²) in [5.74, 6) is 1.52. The van der Waals surface area contributed by atoms with E-state index in [1.54, 1.807) is 7.11 Å². The van der Waals surface area contributed by atoms with Crippen molar-refractivity contribution in [2.45, 2.75) is 38.5 Å². The highest BCUT2D eigenvalue weighted by atomic mass is 16.5. The summed E-state index contributed by atoms with van der Waals surface area (Å²) in [4.78, 5) is 13.8. The molecule has 1 aromatic heterocycles. The molecule has 0 bridgehead atoms. The summed E-state index contributed by atoms with van der Waals surface area (Å²) in [6.07, 6.45) is 2.06. The highest BCUT2D eigenvalue weighted by molar-refractivity contribution is 5.75. The minimum absolute atomic E-state index is 0.153. The molecule has 2 rings (SSSR count). The predicted octanol–water partition coefficient (Wildman–Crippen LogP) is 2.12. The quantitative estimate of drug-likeness (QED) is 0.765. The molecule has 1 aromatic rings. The van der Waals surface area contributed by atoms with Crippen molar-refractivity contribution in [3.63, 3.8) is 0 Å². The SMILES string of the molecule is COCc1ccc(C2CCCN2C(C)C(=O)OC)o1. The monoisotopic (exact) mass is 267 g/mol. The lowest BCUT2D eigenvalue weighted by Crippen LogP contribution is -2.39. The van der Waals surface area contributed by atoms with Gasteiger partial charge in [0.05, 0.1) is 13.2 Å². The van der Waals surface area contributed by atoms with E-state index < -0.39 is 0 Å². The van der Waals surface area contributed by atoms with Crippen molar-refractivity contribution < 1.29 is 18.7 Å². The molecule has 1 saturated heterocycles. The maximum atomic E-state index is 11.7. The molecule has 1 fully saturated rings. The Balaban J connectivity index is 2.11. The van der Waals surface area contributed by atoms with Crippen molar-refractivity contribution in [1.82, 2.24) is 4.90 Å². The molecule has 5 heteroatoms. The Kier molecular flexibility index (Phi) is 4.61. The Morgan fingerprint density at radius 2 is 2.32 bits per heavy atom. The Labute approximate surface area is 113 Å². The minimum Gasteiger partial charge on any atom is -0.468 e. The molecule has 0 spiro atoms. The molecule has 2 heterocycles. The van der Waals surface area contributed by atoms with Gasteiger partial charge in [-0.15, -0.1) is 0 Å². The second kappa shape index (κ2) is 6.21. The first-order valence-corrected chi connectivity index (χ1v) is 6.58. The minimum atomic E-state index is -0.242. The smallest absolute Gasteiger partial charge is 0.322 e. The van der Waals surface area contributed by atoms with Gasteiger partial charge in [0.1, 0.15) is 24.2 Å². The molecule has 5 nitrogen and oxygen atoms in total. The molecule has 0 aromatic carbocycles. The summed E-state index contributed by atoms with van der Waals surface area (Å²) in [6, 6.07) is 3.81. The fourth-order valence-electron chi connectivity index (χ4n) is 2.66. The third kappa shape index (κ3) is 2.98. The van der Waals surface area contributed by atoms with Crippen LogP contribution in [0.4, 0.5) is 0 Å². The first-order chi connectivity index (χ1) is 9.17. The molecule has 1 aliphatic rings. The van der Waals surface area contributed by atoms with E-state index in [0.29, 0.717) is 6.61 Å². The van der Waals surface area contributed by atoms with Gasteiger partial charge in [-0.1, -0.05) is 0 Å². The van der Waals surface area contributed by atoms with Gasteiger partial charge in [-0.05, 0) is 38.4 Å². The normalized spacial score (nSPS) is 21.5. The molecule has 0 N–H and O–H groups in total. The summed E-state index contributed by atoms with van der Waals surface area (Å²) in [6.45, 7) is 3.24. The molecule has 0 radical (unpaired) electrons. The molecular formula is C14H21NO4. The number of rotatable bonds is 5. The summed E-state index contributed by atoms with van der Waals surface area (Å²) >= 11 is 0. The topological polar surface area (TPSA) is 51.9 Å². The largest absolute Gasteiger partial charge is 0.468 e. The van der Waals surface area contributed by atoms with Crippen molar-refractivity contribution in [3.8, 4) is 0 Å². The van der Waals surface area contributed by atoms with Crippen LogP contribution in [0, 0.1) is 0 Å². The van der Waals surface area contributed by atoms with Gasteiger partial charge in [-0.25, -0.2) is 0 Å². The van der Waals surface area contributed by atoms with Crippen LogP contribution in [0.25, 0.3) is 0 Å². The maximum Gasteiger partial charge on any atom is 0.322 e. The number of esters is 1. The van der Waals surface area contributed by atoms with E-state index in [2.05, 4.69) is 4.90 Å². The third-order valence-corrected chi connectivity index (χ3v) is 3.63. The van der Waals surface area contributed by atoms with Gasteiger partial charge in [0.25, 0.3) is 0 Å². The van der Waals surface area contributed by atoms with Crippen LogP contribution in [0.3, 0.4) is 0 Å². The fraction of sp³-hybridized carbons (Fsp3) is 0.643. The number of nitrogens with zero attached hydrogens (tertiary/aromatic N) is 1. The molecule has 106 valence electrons. The number of likely N-dealkylation sites (tertiary alicyclic amines) is 1. The Morgan fingerprint density at radius 3 is 3.00 bits per heavy atom. The standard InChI is InChI=1S/C14H21NO4/c1-10(14(16)18-3)15-8-4-5-12(15)13-7-6-11(19-13)9-17-2/h6-7,10,12H,4-5,8-9H2,1-3H3. The van der Waals surface area contributed by atoms with Gasteiger partial charge in [0.2, 0.25) is 0 Å². The Bertz CT molecular complexity index is 429. The van der Waals surface area contributed by atoms with Crippen LogP contribution in [0.5, 0.6) is 0 Å². The highest BCUT2D eigenvalue weighted by Crippen LogP contribution is 2.34. The van der Waals surface area contributed by atoms with Crippen molar-refractivity contribution in [3.05, 3.63) is 23.7 Å². The number of hydrogen-bond donors (Lipinski definition) is 0. The van der Waals surface area contributed by atoms with Crippen LogP contribution >= 0.6 is 0 Å². The van der Waals surface area contributed by atoms with Crippen molar-refractivity contribution in [1.29, 1.82) is 0 Å². The predicted molar refractivity (Wildman–Crippen MR) is 69.6 cm³/mol. The molecular weight excluding hydrogens is 246 g/mol. The van der Waals surface area contributed by atoms with Crippen LogP contribution in [0.1, 0.15) is 37.3 Å². The molecule has 1 aliphatic heterocycles. The third-order valence-electron chi connectivity index (χ3n) is 3.63. The number of carbonyl (C=O) groups is 1. The average molecular weight is 267 g/mol. The molecule has 19 heavy (non-hydrogen) atoms. The van der Waals surface area contributed by atoms with E-state index in [-0.39, 0.29) is 18.1 Å². The second-order valence-electron chi connectivity index (χ2n) is 4.83. The highest BCUT2D eigenvalue weighted by Gasteiger charge is 2.35. The Hall–Kier alpha value is -1.33. The second-order valence-corrected chi connectivity index (χ2v) is 4.83. The van der Waals surface area contributed by atoms with Crippen LogP contribution < -0.4 is 0 Å². The van der Waals surface area contributed by atoms with Gasteiger partial charge in [-0.2, -0.15) is 0 Å². The zero-order valence-corrected chi connectivity index (χ0v) is 11.7. The van der Waals surface area contributed by atoms with E-state index in [1.165, 1.54) is 7.11 Å². The summed E-state index contributed by atoms with van der Waals surface area (Å²) in [5.41, 5.74) is 0. The number of methoxy groups -OCH3 is 2. The molecule has 0 amide bonds. The maximum absolute atomic E-state index is 11.7. The van der Waals surface area contributed by atoms with Gasteiger partial charge in [0, 0.05) is 7.11 Å². The van der Waals surface area contributed by atoms with E-state index in [9.17, 15) is 4.79 Å². The summed E-state index contributed by atoms with van der Waals surface area (Å²) in [7, 11) is 3.07. The molecule has 2 atom stereocenters. The molecule has 2 unspecified atom stereocenters. The average Bonchev–Trinajstić information content (AvgIpc) is 3.05. The van der Waals surface area contributed by atoms with Gasteiger partial charge in [0.15, 0.2) is 0 Å². The number of hydrogen-bond acceptors (Lipinski definition) is 5. The van der Waals surface area contributed by atoms with E-state index in [1.807, 2.05) is 19.1 Å². The van der Waals surface area contributed by atoms with Crippen molar-refractivity contribution in [2.75, 3.05) is 20.8 Å². The van der Waals surface area contributed by atoms with E-state index in [0.717, 1.165) is 30.9 Å². The van der Waals surface area contributed by atoms with Crippen LogP contribution in [0.2, 0.25) is 0 Å². The summed E-state index contributed by atoms with van der Waals surface area (Å²) < 4.78 is 15.7. The number of furan rings is 1. The van der Waals surface area contributed by atoms with E-state index in [4.69, 9.17) is 13.9 Å². The first-order valence-electron chi connectivity index (χ1n) is 6.58. The fourth-order valence-corrected chi connectivity index (χ4v) is 2.66. The van der Waals surface area contributed by atoms with Gasteiger partial charge >= 0.3 is 5.97 Å². The van der Waals surface area contributed by atoms with Gasteiger partial charge < -0.3 is 13.9 Å². The summed E-state index contributed by atoms with van der Waals surface area (Å²) in [5, 5.41) is 0. The van der Waals surface area contributed by atoms with Crippen LogP contribution in [-0.2, 0) is 20.9 Å².